The lowest BCUT2D eigenvalue weighted by Gasteiger charge is -2.39. The Morgan fingerprint density at radius 1 is 1.53 bits per heavy atom. The van der Waals surface area contributed by atoms with E-state index >= 15 is 0 Å². The lowest BCUT2D eigenvalue weighted by Crippen LogP contribution is -2.49. The fraction of sp³-hybridized carbons (Fsp3) is 0.538. The molecule has 1 aliphatic rings. The molecule has 0 radical (unpaired) electrons. The molecule has 4 heteroatoms. The number of rotatable bonds is 2. The molecule has 94 valence electrons. The summed E-state index contributed by atoms with van der Waals surface area (Å²) in [5.41, 5.74) is 9.03. The van der Waals surface area contributed by atoms with Gasteiger partial charge in [-0.2, -0.15) is 0 Å². The van der Waals surface area contributed by atoms with Crippen molar-refractivity contribution in [3.8, 4) is 0 Å². The van der Waals surface area contributed by atoms with Gasteiger partial charge >= 0.3 is 0 Å². The highest BCUT2D eigenvalue weighted by molar-refractivity contribution is 5.69. The Hall–Kier alpha value is -1.26. The summed E-state index contributed by atoms with van der Waals surface area (Å²) in [5.74, 6) is 0. The zero-order valence-corrected chi connectivity index (χ0v) is 10.4. The lowest BCUT2D eigenvalue weighted by atomic mass is 10.1. The first-order valence-corrected chi connectivity index (χ1v) is 5.97. The average Bonchev–Trinajstić information content (AvgIpc) is 2.33. The number of morpholine rings is 1. The summed E-state index contributed by atoms with van der Waals surface area (Å²) >= 11 is 0. The van der Waals surface area contributed by atoms with Crippen molar-refractivity contribution in [1.29, 1.82) is 0 Å². The van der Waals surface area contributed by atoms with Crippen LogP contribution in [0.3, 0.4) is 0 Å². The maximum atomic E-state index is 9.18. The first kappa shape index (κ1) is 12.2. The molecule has 0 bridgehead atoms. The molecule has 0 aliphatic carbocycles. The van der Waals surface area contributed by atoms with Crippen molar-refractivity contribution < 1.29 is 9.84 Å². The fourth-order valence-electron chi connectivity index (χ4n) is 2.17. The number of nitrogens with zero attached hydrogens (tertiary/aromatic N) is 1. The largest absolute Gasteiger partial charge is 0.397 e. The van der Waals surface area contributed by atoms with Crippen LogP contribution in [0.1, 0.15) is 12.5 Å². The zero-order chi connectivity index (χ0) is 12.4. The molecular formula is C13H20N2O2. The third-order valence-electron chi connectivity index (χ3n) is 3.20. The van der Waals surface area contributed by atoms with E-state index in [1.54, 1.807) is 0 Å². The topological polar surface area (TPSA) is 58.7 Å². The van der Waals surface area contributed by atoms with Crippen LogP contribution in [0.25, 0.3) is 0 Å². The zero-order valence-electron chi connectivity index (χ0n) is 10.4. The number of hydrogen-bond donors (Lipinski definition) is 2. The van der Waals surface area contributed by atoms with Crippen LogP contribution >= 0.6 is 0 Å². The molecule has 17 heavy (non-hydrogen) atoms. The predicted octanol–water partition coefficient (Wildman–Crippen LogP) is 1.16. The molecule has 0 spiro atoms. The Morgan fingerprint density at radius 3 is 3.00 bits per heavy atom. The van der Waals surface area contributed by atoms with E-state index in [0.29, 0.717) is 13.2 Å². The molecule has 0 saturated carbocycles. The Kier molecular flexibility index (Phi) is 3.54. The van der Waals surface area contributed by atoms with Gasteiger partial charge in [0, 0.05) is 12.6 Å². The second kappa shape index (κ2) is 4.94. The van der Waals surface area contributed by atoms with Gasteiger partial charge in [0.05, 0.1) is 30.7 Å². The number of ether oxygens (including phenoxy) is 1. The standard InChI is InChI=1S/C13H20N2O2/c1-9-3-4-12(14)13(5-9)15-6-11(7-16)17-8-10(15)2/h3-5,10-11,16H,6-8,14H2,1-2H3. The molecule has 0 amide bonds. The van der Waals surface area contributed by atoms with Crippen LogP contribution in [0.5, 0.6) is 0 Å². The highest BCUT2D eigenvalue weighted by Gasteiger charge is 2.26. The van der Waals surface area contributed by atoms with E-state index in [2.05, 4.69) is 24.8 Å². The van der Waals surface area contributed by atoms with Crippen LogP contribution in [-0.4, -0.2) is 37.0 Å². The number of nitrogen functional groups attached to an aromatic ring is 1. The first-order chi connectivity index (χ1) is 8.11. The summed E-state index contributed by atoms with van der Waals surface area (Å²) in [4.78, 5) is 2.22. The minimum atomic E-state index is -0.119. The second-order valence-corrected chi connectivity index (χ2v) is 4.70. The van der Waals surface area contributed by atoms with Gasteiger partial charge in [0.25, 0.3) is 0 Å². The molecule has 1 heterocycles. The maximum Gasteiger partial charge on any atom is 0.0981 e. The van der Waals surface area contributed by atoms with Crippen molar-refractivity contribution in [2.24, 2.45) is 0 Å². The molecule has 1 saturated heterocycles. The van der Waals surface area contributed by atoms with Gasteiger partial charge in [-0.25, -0.2) is 0 Å². The molecule has 1 aliphatic heterocycles. The molecule has 1 aromatic carbocycles. The van der Waals surface area contributed by atoms with Gasteiger partial charge in [-0.3, -0.25) is 0 Å². The molecule has 4 nitrogen and oxygen atoms in total. The number of benzene rings is 1. The van der Waals surface area contributed by atoms with Crippen LogP contribution in [0, 0.1) is 6.92 Å². The van der Waals surface area contributed by atoms with E-state index in [-0.39, 0.29) is 18.8 Å². The summed E-state index contributed by atoms with van der Waals surface area (Å²) in [6.45, 7) is 5.52. The van der Waals surface area contributed by atoms with Crippen LogP contribution < -0.4 is 10.6 Å². The molecule has 2 atom stereocenters. The van der Waals surface area contributed by atoms with Gasteiger partial charge in [-0.05, 0) is 31.5 Å². The van der Waals surface area contributed by atoms with E-state index < -0.39 is 0 Å². The molecule has 3 N–H and O–H groups in total. The highest BCUT2D eigenvalue weighted by Crippen LogP contribution is 2.28. The first-order valence-electron chi connectivity index (χ1n) is 5.97. The summed E-state index contributed by atoms with van der Waals surface area (Å²) in [7, 11) is 0. The van der Waals surface area contributed by atoms with Crippen molar-refractivity contribution in [3.05, 3.63) is 23.8 Å². The van der Waals surface area contributed by atoms with Crippen molar-refractivity contribution >= 4 is 11.4 Å². The summed E-state index contributed by atoms with van der Waals surface area (Å²) in [5, 5.41) is 9.18. The van der Waals surface area contributed by atoms with Crippen molar-refractivity contribution in [1.82, 2.24) is 0 Å². The maximum absolute atomic E-state index is 9.18. The number of aliphatic hydroxyl groups is 1. The molecule has 2 rings (SSSR count). The lowest BCUT2D eigenvalue weighted by molar-refractivity contribution is -0.0102. The van der Waals surface area contributed by atoms with Crippen LogP contribution in [0.4, 0.5) is 11.4 Å². The normalized spacial score (nSPS) is 25.0. The third-order valence-corrected chi connectivity index (χ3v) is 3.20. The second-order valence-electron chi connectivity index (χ2n) is 4.70. The van der Waals surface area contributed by atoms with Crippen LogP contribution in [0.2, 0.25) is 0 Å². The smallest absolute Gasteiger partial charge is 0.0981 e. The van der Waals surface area contributed by atoms with E-state index in [4.69, 9.17) is 10.5 Å². The van der Waals surface area contributed by atoms with Gasteiger partial charge in [0.1, 0.15) is 0 Å². The molecule has 0 aromatic heterocycles. The number of aryl methyl sites for hydroxylation is 1. The fourth-order valence-corrected chi connectivity index (χ4v) is 2.17. The molecule has 1 fully saturated rings. The van der Waals surface area contributed by atoms with Gasteiger partial charge < -0.3 is 20.5 Å². The van der Waals surface area contributed by atoms with Gasteiger partial charge in [-0.1, -0.05) is 6.07 Å². The van der Waals surface area contributed by atoms with Crippen molar-refractivity contribution in [2.75, 3.05) is 30.4 Å². The monoisotopic (exact) mass is 236 g/mol. The Balaban J connectivity index is 2.27. The Morgan fingerprint density at radius 2 is 2.29 bits per heavy atom. The van der Waals surface area contributed by atoms with Gasteiger partial charge in [0.2, 0.25) is 0 Å². The highest BCUT2D eigenvalue weighted by atomic mass is 16.5. The predicted molar refractivity (Wildman–Crippen MR) is 69.2 cm³/mol. The Labute approximate surface area is 102 Å². The van der Waals surface area contributed by atoms with E-state index in [9.17, 15) is 5.11 Å². The van der Waals surface area contributed by atoms with E-state index in [1.807, 2.05) is 12.1 Å². The molecule has 1 aromatic rings. The summed E-state index contributed by atoms with van der Waals surface area (Å²) in [6, 6.07) is 6.31. The van der Waals surface area contributed by atoms with Crippen molar-refractivity contribution in [3.63, 3.8) is 0 Å². The number of hydrogen-bond acceptors (Lipinski definition) is 4. The average molecular weight is 236 g/mol. The minimum Gasteiger partial charge on any atom is -0.397 e. The molecular weight excluding hydrogens is 216 g/mol. The minimum absolute atomic E-state index is 0.0505. The van der Waals surface area contributed by atoms with Crippen LogP contribution in [-0.2, 0) is 4.74 Å². The van der Waals surface area contributed by atoms with E-state index in [0.717, 1.165) is 11.4 Å². The van der Waals surface area contributed by atoms with E-state index in [1.165, 1.54) is 5.56 Å². The van der Waals surface area contributed by atoms with Gasteiger partial charge in [-0.15, -0.1) is 0 Å². The third kappa shape index (κ3) is 2.53. The summed E-state index contributed by atoms with van der Waals surface area (Å²) in [6.07, 6.45) is -0.119. The van der Waals surface area contributed by atoms with Crippen molar-refractivity contribution in [2.45, 2.75) is 26.0 Å². The number of anilines is 2. The van der Waals surface area contributed by atoms with Gasteiger partial charge in [0.15, 0.2) is 0 Å². The molecule has 2 unspecified atom stereocenters. The summed E-state index contributed by atoms with van der Waals surface area (Å²) < 4.78 is 5.53. The quantitative estimate of drug-likeness (QED) is 0.757. The SMILES string of the molecule is Cc1ccc(N)c(N2CC(CO)OCC2C)c1. The Bertz CT molecular complexity index is 395. The van der Waals surface area contributed by atoms with Crippen LogP contribution in [0.15, 0.2) is 18.2 Å². The number of nitrogens with two attached hydrogens (primary N) is 1. The number of aliphatic hydroxyl groups excluding tert-OH is 1.